The van der Waals surface area contributed by atoms with Crippen molar-refractivity contribution in [3.63, 3.8) is 0 Å². The van der Waals surface area contributed by atoms with Gasteiger partial charge in [-0.3, -0.25) is 0 Å². The summed E-state index contributed by atoms with van der Waals surface area (Å²) in [5, 5.41) is 8.82. The molecule has 1 fully saturated rings. The lowest BCUT2D eigenvalue weighted by Crippen LogP contribution is -2.25. The van der Waals surface area contributed by atoms with Crippen molar-refractivity contribution < 1.29 is 19.4 Å². The first-order chi connectivity index (χ1) is 7.74. The Morgan fingerprint density at radius 1 is 1.44 bits per heavy atom. The van der Waals surface area contributed by atoms with Crippen LogP contribution < -0.4 is 0 Å². The highest BCUT2D eigenvalue weighted by Crippen LogP contribution is 2.29. The average Bonchev–Trinajstić information content (AvgIpc) is 2.18. The fraction of sp³-hybridized carbons (Fsp3) is 0.917. The first-order valence-corrected chi connectivity index (χ1v) is 6.16. The smallest absolute Gasteiger partial charge is 0.332 e. The molecule has 1 unspecified atom stereocenters. The summed E-state index contributed by atoms with van der Waals surface area (Å²) in [6.07, 6.45) is 4.87. The number of carboxylic acid groups (broad SMARTS) is 1. The van der Waals surface area contributed by atoms with Gasteiger partial charge in [0.05, 0.1) is 0 Å². The Hall–Kier alpha value is -0.610. The molecule has 1 saturated carbocycles. The van der Waals surface area contributed by atoms with Crippen LogP contribution in [0.15, 0.2) is 0 Å². The molecule has 0 aliphatic heterocycles. The maximum atomic E-state index is 10.7. The number of rotatable bonds is 9. The van der Waals surface area contributed by atoms with Crippen molar-refractivity contribution in [3.8, 4) is 0 Å². The van der Waals surface area contributed by atoms with Crippen LogP contribution in [0.25, 0.3) is 0 Å². The normalized spacial score (nSPS) is 18.1. The fourth-order valence-corrected chi connectivity index (χ4v) is 1.80. The summed E-state index contributed by atoms with van der Waals surface area (Å²) in [5.74, 6) is -0.0494. The molecule has 94 valence electrons. The van der Waals surface area contributed by atoms with Crippen LogP contribution >= 0.6 is 0 Å². The average molecular weight is 230 g/mol. The number of ether oxygens (including phenoxy) is 2. The van der Waals surface area contributed by atoms with Gasteiger partial charge in [0, 0.05) is 26.2 Å². The van der Waals surface area contributed by atoms with Gasteiger partial charge in [-0.25, -0.2) is 4.79 Å². The van der Waals surface area contributed by atoms with Crippen molar-refractivity contribution in [1.82, 2.24) is 0 Å². The molecule has 0 aromatic heterocycles. The first kappa shape index (κ1) is 13.5. The molecule has 4 heteroatoms. The van der Waals surface area contributed by atoms with E-state index in [1.165, 1.54) is 19.3 Å². The van der Waals surface area contributed by atoms with E-state index in [-0.39, 0.29) is 0 Å². The lowest BCUT2D eigenvalue weighted by Gasteiger charge is -2.24. The van der Waals surface area contributed by atoms with Gasteiger partial charge in [-0.1, -0.05) is 19.3 Å². The van der Waals surface area contributed by atoms with Gasteiger partial charge in [-0.05, 0) is 19.3 Å². The Labute approximate surface area is 96.9 Å². The van der Waals surface area contributed by atoms with Gasteiger partial charge in [0.25, 0.3) is 0 Å². The van der Waals surface area contributed by atoms with Gasteiger partial charge in [-0.2, -0.15) is 0 Å². The highest BCUT2D eigenvalue weighted by molar-refractivity contribution is 5.72. The summed E-state index contributed by atoms with van der Waals surface area (Å²) >= 11 is 0. The van der Waals surface area contributed by atoms with Gasteiger partial charge in [0.15, 0.2) is 6.10 Å². The predicted molar refractivity (Wildman–Crippen MR) is 60.4 cm³/mol. The maximum absolute atomic E-state index is 10.7. The first-order valence-electron chi connectivity index (χ1n) is 6.16. The molecule has 0 amide bonds. The second-order valence-electron chi connectivity index (χ2n) is 4.27. The minimum atomic E-state index is -0.899. The Balaban J connectivity index is 1.96. The van der Waals surface area contributed by atoms with E-state index in [9.17, 15) is 4.79 Å². The molecule has 0 aromatic rings. The molecular weight excluding hydrogens is 208 g/mol. The fourth-order valence-electron chi connectivity index (χ4n) is 1.80. The molecule has 0 radical (unpaired) electrons. The largest absolute Gasteiger partial charge is 0.479 e. The topological polar surface area (TPSA) is 55.8 Å². The predicted octanol–water partition coefficient (Wildman–Crippen LogP) is 2.07. The summed E-state index contributed by atoms with van der Waals surface area (Å²) < 4.78 is 10.5. The van der Waals surface area contributed by atoms with Gasteiger partial charge in [0.2, 0.25) is 0 Å². The second kappa shape index (κ2) is 7.63. The summed E-state index contributed by atoms with van der Waals surface area (Å²) in [7, 11) is 0. The summed E-state index contributed by atoms with van der Waals surface area (Å²) in [6, 6.07) is 0. The van der Waals surface area contributed by atoms with Gasteiger partial charge >= 0.3 is 5.97 Å². The van der Waals surface area contributed by atoms with Crippen LogP contribution in [-0.2, 0) is 14.3 Å². The third-order valence-corrected chi connectivity index (χ3v) is 3.06. The Kier molecular flexibility index (Phi) is 6.42. The number of hydrogen-bond donors (Lipinski definition) is 1. The minimum Gasteiger partial charge on any atom is -0.479 e. The molecule has 16 heavy (non-hydrogen) atoms. The zero-order chi connectivity index (χ0) is 11.8. The molecule has 0 heterocycles. The van der Waals surface area contributed by atoms with Crippen LogP contribution in [0.3, 0.4) is 0 Å². The number of aliphatic carboxylic acids is 1. The van der Waals surface area contributed by atoms with Crippen LogP contribution in [0.4, 0.5) is 0 Å². The molecule has 0 aromatic carbocycles. The lowest BCUT2D eigenvalue weighted by molar-refractivity contribution is -0.151. The zero-order valence-corrected chi connectivity index (χ0v) is 9.98. The molecule has 4 nitrogen and oxygen atoms in total. The van der Waals surface area contributed by atoms with E-state index in [0.29, 0.717) is 19.6 Å². The van der Waals surface area contributed by atoms with E-state index >= 15 is 0 Å². The Morgan fingerprint density at radius 2 is 2.19 bits per heavy atom. The molecule has 0 spiro atoms. The summed E-state index contributed by atoms with van der Waals surface area (Å²) in [4.78, 5) is 10.7. The molecule has 1 aliphatic rings. The second-order valence-corrected chi connectivity index (χ2v) is 4.27. The van der Waals surface area contributed by atoms with Crippen LogP contribution in [0.5, 0.6) is 0 Å². The van der Waals surface area contributed by atoms with Crippen LogP contribution in [0, 0.1) is 5.92 Å². The molecule has 0 bridgehead atoms. The van der Waals surface area contributed by atoms with Gasteiger partial charge < -0.3 is 14.6 Å². The van der Waals surface area contributed by atoms with Crippen LogP contribution in [-0.4, -0.2) is 37.0 Å². The van der Waals surface area contributed by atoms with Gasteiger partial charge in [0.1, 0.15) is 0 Å². The monoisotopic (exact) mass is 230 g/mol. The molecular formula is C12H22O4. The quantitative estimate of drug-likeness (QED) is 0.616. The van der Waals surface area contributed by atoms with E-state index in [2.05, 4.69) is 0 Å². The van der Waals surface area contributed by atoms with Crippen LogP contribution in [0.1, 0.15) is 39.0 Å². The Bertz CT molecular complexity index is 201. The molecule has 1 rings (SSSR count). The number of carboxylic acids is 1. The number of hydrogen-bond acceptors (Lipinski definition) is 3. The Morgan fingerprint density at radius 3 is 2.69 bits per heavy atom. The van der Waals surface area contributed by atoms with Crippen molar-refractivity contribution in [2.45, 2.75) is 45.1 Å². The molecule has 0 saturated heterocycles. The van der Waals surface area contributed by atoms with Crippen molar-refractivity contribution in [2.24, 2.45) is 5.92 Å². The molecule has 1 aliphatic carbocycles. The summed E-state index contributed by atoms with van der Waals surface area (Å²) in [6.45, 7) is 3.46. The highest BCUT2D eigenvalue weighted by atomic mass is 16.5. The minimum absolute atomic E-state index is 0.430. The van der Waals surface area contributed by atoms with E-state index in [4.69, 9.17) is 14.6 Å². The number of carbonyl (C=O) groups is 1. The summed E-state index contributed by atoms with van der Waals surface area (Å²) in [5.41, 5.74) is 0. The van der Waals surface area contributed by atoms with Gasteiger partial charge in [-0.15, -0.1) is 0 Å². The van der Waals surface area contributed by atoms with Crippen molar-refractivity contribution in [3.05, 3.63) is 0 Å². The van der Waals surface area contributed by atoms with Crippen molar-refractivity contribution in [2.75, 3.05) is 19.8 Å². The standard InChI is InChI=1S/C12H22O4/c1-2-16-11(12(13)14)7-9-15-8-6-10-4-3-5-10/h10-11H,2-9H2,1H3,(H,13,14). The maximum Gasteiger partial charge on any atom is 0.332 e. The van der Waals surface area contributed by atoms with E-state index in [1.807, 2.05) is 0 Å². The molecule has 1 N–H and O–H groups in total. The van der Waals surface area contributed by atoms with E-state index in [0.717, 1.165) is 18.9 Å². The highest BCUT2D eigenvalue weighted by Gasteiger charge is 2.18. The SMILES string of the molecule is CCOC(CCOCCC1CCC1)C(=O)O. The van der Waals surface area contributed by atoms with E-state index in [1.54, 1.807) is 6.92 Å². The van der Waals surface area contributed by atoms with E-state index < -0.39 is 12.1 Å². The third kappa shape index (κ3) is 4.94. The molecule has 1 atom stereocenters. The zero-order valence-electron chi connectivity index (χ0n) is 9.98. The van der Waals surface area contributed by atoms with Crippen molar-refractivity contribution >= 4 is 5.97 Å². The lowest BCUT2D eigenvalue weighted by atomic mass is 9.83. The van der Waals surface area contributed by atoms with Crippen LogP contribution in [0.2, 0.25) is 0 Å². The third-order valence-electron chi connectivity index (χ3n) is 3.06. The van der Waals surface area contributed by atoms with Crippen molar-refractivity contribution in [1.29, 1.82) is 0 Å².